The Labute approximate surface area is 642 Å². The SMILES string of the molecule is CC(C)(C)[Si](OCCOCCOCCOCCOc1cc(COC(=O)ON2C(=O)CCC2=O)cc(OCCOCCOCCOCCO[Si](c2ccccc2)(c2ccccc2)C(C)(C)C)c1OCCOCCOCCOCCO[Si](c1ccccc1)(c1ccccc1)C(C)(C)C)(c1ccccc1)c1ccccc1. The summed E-state index contributed by atoms with van der Waals surface area (Å²) in [5.41, 5.74) is 0.407. The smallest absolute Gasteiger partial charge is 0.487 e. The number of ether oxygens (including phenoxy) is 13. The molecule has 2 amide bonds. The zero-order chi connectivity index (χ0) is 76.8. The predicted molar refractivity (Wildman–Crippen MR) is 423 cm³/mol. The molecule has 1 aliphatic rings. The molecule has 0 aliphatic carbocycles. The lowest BCUT2D eigenvalue weighted by atomic mass is 10.2. The minimum Gasteiger partial charge on any atom is -0.487 e. The monoisotopic (exact) mass is 1540 g/mol. The molecule has 0 bridgehead atoms. The first kappa shape index (κ1) is 86.1. The van der Waals surface area contributed by atoms with Gasteiger partial charge in [-0.05, 0) is 63.9 Å². The van der Waals surface area contributed by atoms with E-state index in [-0.39, 0.29) is 111 Å². The second-order valence-electron chi connectivity index (χ2n) is 28.7. The highest BCUT2D eigenvalue weighted by Gasteiger charge is 2.52. The van der Waals surface area contributed by atoms with Crippen LogP contribution < -0.4 is 45.3 Å². The maximum atomic E-state index is 12.9. The van der Waals surface area contributed by atoms with Crippen LogP contribution in [0.15, 0.2) is 194 Å². The van der Waals surface area contributed by atoms with E-state index in [1.807, 2.05) is 36.4 Å². The molecule has 24 heteroatoms. The highest BCUT2D eigenvalue weighted by Crippen LogP contribution is 2.41. The summed E-state index contributed by atoms with van der Waals surface area (Å²) in [5, 5.41) is 7.26. The second-order valence-corrected chi connectivity index (χ2v) is 41.6. The summed E-state index contributed by atoms with van der Waals surface area (Å²) < 4.78 is 98.8. The fourth-order valence-corrected chi connectivity index (χ4v) is 26.9. The third-order valence-electron chi connectivity index (χ3n) is 18.2. The Morgan fingerprint density at radius 2 is 0.537 bits per heavy atom. The van der Waals surface area contributed by atoms with Gasteiger partial charge in [-0.15, -0.1) is 0 Å². The summed E-state index contributed by atoms with van der Waals surface area (Å²) in [5.74, 6) is -0.560. The molecular formula is C84H113NO20Si3. The van der Waals surface area contributed by atoms with Crippen molar-refractivity contribution in [2.45, 2.75) is 96.9 Å². The Morgan fingerprint density at radius 1 is 0.315 bits per heavy atom. The molecule has 0 radical (unpaired) electrons. The third kappa shape index (κ3) is 25.3. The summed E-state index contributed by atoms with van der Waals surface area (Å²) >= 11 is 0. The van der Waals surface area contributed by atoms with Gasteiger partial charge in [-0.2, -0.15) is 0 Å². The molecule has 0 N–H and O–H groups in total. The van der Waals surface area contributed by atoms with Crippen molar-refractivity contribution in [2.75, 3.05) is 159 Å². The van der Waals surface area contributed by atoms with Crippen LogP contribution >= 0.6 is 0 Å². The van der Waals surface area contributed by atoms with Gasteiger partial charge in [-0.25, -0.2) is 4.79 Å². The van der Waals surface area contributed by atoms with Crippen LogP contribution in [0, 0.1) is 0 Å². The molecule has 0 unspecified atom stereocenters. The standard InChI is InChI=1S/C84H113NO20Si3/c1-82(2,3)106(70-28-16-10-17-29-70,71-30-18-11-19-31-71)102-63-57-95-51-45-89-42-48-92-54-60-98-76-66-69(68-101-81(88)105-85-78(86)40-41-79(85)87)67-77(99-61-55-93-49-43-90-46-52-96-58-64-103-107(83(4,5)6,72-32-20-12-21-33-72)73-34-22-13-23-35-73)80(76)100-62-56-94-50-44-91-47-53-97-59-65-104-108(84(7,8)9,74-36-24-14-25-37-74)75-38-26-15-27-39-75/h10-39,66-67H,40-65,68H2,1-9H3. The number of rotatable bonds is 51. The lowest BCUT2D eigenvalue weighted by molar-refractivity contribution is -0.177. The van der Waals surface area contributed by atoms with E-state index in [0.717, 1.165) is 0 Å². The van der Waals surface area contributed by atoms with E-state index in [2.05, 4.69) is 208 Å². The van der Waals surface area contributed by atoms with Crippen molar-refractivity contribution in [3.05, 3.63) is 200 Å². The van der Waals surface area contributed by atoms with Crippen LogP contribution in [0.2, 0.25) is 15.1 Å². The van der Waals surface area contributed by atoms with Crippen LogP contribution in [-0.2, 0) is 81.7 Å². The van der Waals surface area contributed by atoms with Crippen LogP contribution in [-0.4, -0.2) is 207 Å². The van der Waals surface area contributed by atoms with Gasteiger partial charge in [0, 0.05) is 12.8 Å². The molecule has 7 aromatic rings. The Balaban J connectivity index is 0.811. The number of carbonyl (C=O) groups is 3. The summed E-state index contributed by atoms with van der Waals surface area (Å²) in [6, 6.07) is 66.4. The van der Waals surface area contributed by atoms with Crippen LogP contribution in [0.5, 0.6) is 17.2 Å². The highest BCUT2D eigenvalue weighted by molar-refractivity contribution is 7.00. The molecule has 1 heterocycles. The molecule has 0 aromatic heterocycles. The normalized spacial score (nSPS) is 13.1. The van der Waals surface area contributed by atoms with Crippen LogP contribution in [0.4, 0.5) is 4.79 Å². The summed E-state index contributed by atoms with van der Waals surface area (Å²) in [6.07, 6.45) is -1.40. The van der Waals surface area contributed by atoms with Gasteiger partial charge in [0.25, 0.3) is 36.8 Å². The van der Waals surface area contributed by atoms with Crippen LogP contribution in [0.1, 0.15) is 80.7 Å². The van der Waals surface area contributed by atoms with Crippen molar-refractivity contribution >= 4 is 74.0 Å². The van der Waals surface area contributed by atoms with E-state index in [9.17, 15) is 14.4 Å². The largest absolute Gasteiger partial charge is 0.534 e. The van der Waals surface area contributed by atoms with Gasteiger partial charge in [-0.3, -0.25) is 14.4 Å². The minimum atomic E-state index is -2.68. The average molecular weight is 1540 g/mol. The van der Waals surface area contributed by atoms with Crippen molar-refractivity contribution in [3.63, 3.8) is 0 Å². The Morgan fingerprint density at radius 3 is 0.778 bits per heavy atom. The number of imide groups is 1. The second kappa shape index (κ2) is 45.0. The van der Waals surface area contributed by atoms with Crippen molar-refractivity contribution in [1.82, 2.24) is 5.06 Å². The Bertz CT molecular complexity index is 3400. The fourth-order valence-electron chi connectivity index (χ4n) is 13.3. The van der Waals surface area contributed by atoms with E-state index >= 15 is 0 Å². The van der Waals surface area contributed by atoms with Gasteiger partial charge in [0.1, 0.15) is 26.4 Å². The predicted octanol–water partition coefficient (Wildman–Crippen LogP) is 10.4. The number of hydrogen-bond donors (Lipinski definition) is 0. The molecule has 586 valence electrons. The number of hydrogen-bond acceptors (Lipinski definition) is 20. The topological polar surface area (TPSA) is 211 Å². The minimum absolute atomic E-state index is 0.0745. The third-order valence-corrected chi connectivity index (χ3v) is 33.3. The maximum Gasteiger partial charge on any atom is 0.534 e. The molecule has 1 aliphatic heterocycles. The number of amides is 2. The van der Waals surface area contributed by atoms with Gasteiger partial charge >= 0.3 is 6.16 Å². The number of carbonyl (C=O) groups excluding carboxylic acids is 3. The van der Waals surface area contributed by atoms with E-state index in [1.54, 1.807) is 12.1 Å². The van der Waals surface area contributed by atoms with Crippen molar-refractivity contribution in [1.29, 1.82) is 0 Å². The van der Waals surface area contributed by atoms with Gasteiger partial charge in [-0.1, -0.05) is 249 Å². The highest BCUT2D eigenvalue weighted by atomic mass is 28.4. The van der Waals surface area contributed by atoms with E-state index in [4.69, 9.17) is 79.7 Å². The number of hydroxylamine groups is 2. The molecule has 8 rings (SSSR count). The first-order valence-corrected chi connectivity index (χ1v) is 43.2. The first-order valence-electron chi connectivity index (χ1n) is 37.5. The Kier molecular flexibility index (Phi) is 35.9. The lowest BCUT2D eigenvalue weighted by Crippen LogP contribution is -2.66. The molecule has 21 nitrogen and oxygen atoms in total. The average Bonchev–Trinajstić information content (AvgIpc) is 0.767. The molecule has 0 atom stereocenters. The van der Waals surface area contributed by atoms with Crippen LogP contribution in [0.25, 0.3) is 0 Å². The molecular weight excluding hydrogens is 1430 g/mol. The van der Waals surface area contributed by atoms with E-state index < -0.39 is 42.9 Å². The van der Waals surface area contributed by atoms with Crippen molar-refractivity contribution in [3.8, 4) is 17.2 Å². The zero-order valence-corrected chi connectivity index (χ0v) is 67.7. The van der Waals surface area contributed by atoms with Crippen LogP contribution in [0.3, 0.4) is 0 Å². The molecule has 0 spiro atoms. The maximum absolute atomic E-state index is 12.9. The summed E-state index contributed by atoms with van der Waals surface area (Å²) in [7, 11) is -8.05. The van der Waals surface area contributed by atoms with Gasteiger partial charge < -0.3 is 74.9 Å². The van der Waals surface area contributed by atoms with Crippen molar-refractivity contribution < 1.29 is 94.1 Å². The van der Waals surface area contributed by atoms with Gasteiger partial charge in [0.05, 0.1) is 139 Å². The quantitative estimate of drug-likeness (QED) is 0.0150. The molecule has 1 saturated heterocycles. The number of nitrogens with zero attached hydrogens (tertiary/aromatic N) is 1. The Hall–Kier alpha value is -7.48. The van der Waals surface area contributed by atoms with Gasteiger partial charge in [0.2, 0.25) is 5.75 Å². The molecule has 1 fully saturated rings. The van der Waals surface area contributed by atoms with Crippen molar-refractivity contribution in [2.24, 2.45) is 0 Å². The van der Waals surface area contributed by atoms with E-state index in [1.165, 1.54) is 31.1 Å². The first-order chi connectivity index (χ1) is 52.3. The fraction of sp³-hybridized carbons (Fsp3) is 0.464. The number of benzene rings is 7. The molecule has 7 aromatic carbocycles. The van der Waals surface area contributed by atoms with Gasteiger partial charge in [0.15, 0.2) is 11.5 Å². The summed E-state index contributed by atoms with van der Waals surface area (Å²) in [6.45, 7) is 27.2. The van der Waals surface area contributed by atoms with E-state index in [0.29, 0.717) is 110 Å². The lowest BCUT2D eigenvalue weighted by Gasteiger charge is -2.43. The molecule has 108 heavy (non-hydrogen) atoms. The molecule has 0 saturated carbocycles. The summed E-state index contributed by atoms with van der Waals surface area (Å²) in [4.78, 5) is 42.4. The zero-order valence-electron chi connectivity index (χ0n) is 64.7.